The molecule has 0 bridgehead atoms. The number of guanidine groups is 1. The molecule has 1 fully saturated rings. The summed E-state index contributed by atoms with van der Waals surface area (Å²) in [5, 5.41) is 6.92. The lowest BCUT2D eigenvalue weighted by Gasteiger charge is -2.32. The van der Waals surface area contributed by atoms with Crippen LogP contribution in [0.2, 0.25) is 5.02 Å². The van der Waals surface area contributed by atoms with Crippen LogP contribution in [0.1, 0.15) is 25.3 Å². The molecular weight excluding hydrogens is 489 g/mol. The predicted octanol–water partition coefficient (Wildman–Crippen LogP) is 3.96. The molecule has 1 aromatic rings. The Labute approximate surface area is 181 Å². The summed E-state index contributed by atoms with van der Waals surface area (Å²) >= 11 is 5.97. The van der Waals surface area contributed by atoms with Gasteiger partial charge < -0.3 is 20.3 Å². The molecule has 1 aliphatic rings. The fourth-order valence-electron chi connectivity index (χ4n) is 3.14. The molecule has 0 amide bonds. The van der Waals surface area contributed by atoms with Crippen molar-refractivity contribution in [2.24, 2.45) is 10.9 Å². The van der Waals surface area contributed by atoms with Gasteiger partial charge in [-0.3, -0.25) is 4.99 Å². The third kappa shape index (κ3) is 8.35. The first-order chi connectivity index (χ1) is 12.5. The van der Waals surface area contributed by atoms with E-state index in [4.69, 9.17) is 11.6 Å². The Morgan fingerprint density at radius 2 is 2.19 bits per heavy atom. The average Bonchev–Trinajstić information content (AvgIpc) is 2.63. The number of piperidine rings is 1. The number of benzene rings is 1. The summed E-state index contributed by atoms with van der Waals surface area (Å²) in [5.74, 6) is 1.31. The molecular formula is C18H28ClF2IN4O. The van der Waals surface area contributed by atoms with Crippen LogP contribution >= 0.6 is 35.6 Å². The number of hydrogen-bond acceptors (Lipinski definition) is 3. The van der Waals surface area contributed by atoms with Gasteiger partial charge in [0.1, 0.15) is 5.75 Å². The summed E-state index contributed by atoms with van der Waals surface area (Å²) < 4.78 is 29.6. The van der Waals surface area contributed by atoms with Gasteiger partial charge in [0.2, 0.25) is 0 Å². The van der Waals surface area contributed by atoms with Crippen LogP contribution in [-0.4, -0.2) is 50.7 Å². The highest BCUT2D eigenvalue weighted by atomic mass is 127. The van der Waals surface area contributed by atoms with Gasteiger partial charge in [-0.1, -0.05) is 18.5 Å². The lowest BCUT2D eigenvalue weighted by atomic mass is 9.98. The van der Waals surface area contributed by atoms with Crippen molar-refractivity contribution in [2.45, 2.75) is 32.9 Å². The van der Waals surface area contributed by atoms with Gasteiger partial charge in [0.05, 0.1) is 0 Å². The smallest absolute Gasteiger partial charge is 0.387 e. The highest BCUT2D eigenvalue weighted by Crippen LogP contribution is 2.24. The van der Waals surface area contributed by atoms with Gasteiger partial charge in [0.15, 0.2) is 5.96 Å². The van der Waals surface area contributed by atoms with Crippen LogP contribution in [0.25, 0.3) is 0 Å². The van der Waals surface area contributed by atoms with E-state index < -0.39 is 6.61 Å². The Bertz CT molecular complexity index is 607. The Kier molecular flexibility index (Phi) is 11.2. The summed E-state index contributed by atoms with van der Waals surface area (Å²) in [6.07, 6.45) is 2.41. The number of nitrogens with zero attached hydrogens (tertiary/aromatic N) is 2. The van der Waals surface area contributed by atoms with Crippen molar-refractivity contribution in [3.05, 3.63) is 28.8 Å². The normalized spacial score (nSPS) is 18.1. The Hall–Kier alpha value is -0.870. The van der Waals surface area contributed by atoms with Crippen molar-refractivity contribution in [2.75, 3.05) is 33.2 Å². The van der Waals surface area contributed by atoms with Crippen molar-refractivity contribution in [1.29, 1.82) is 0 Å². The minimum absolute atomic E-state index is 0. The van der Waals surface area contributed by atoms with E-state index in [9.17, 15) is 8.78 Å². The molecule has 1 atom stereocenters. The fraction of sp³-hybridized carbons (Fsp3) is 0.611. The molecule has 0 spiro atoms. The van der Waals surface area contributed by atoms with Gasteiger partial charge >= 0.3 is 6.61 Å². The quantitative estimate of drug-likeness (QED) is 0.327. The van der Waals surface area contributed by atoms with Gasteiger partial charge in [-0.2, -0.15) is 8.78 Å². The second kappa shape index (κ2) is 12.6. The Morgan fingerprint density at radius 1 is 1.41 bits per heavy atom. The lowest BCUT2D eigenvalue weighted by molar-refractivity contribution is -0.0504. The molecule has 2 rings (SSSR count). The maximum Gasteiger partial charge on any atom is 0.387 e. The number of aliphatic imine (C=N–C) groups is 1. The minimum atomic E-state index is -2.87. The van der Waals surface area contributed by atoms with Crippen molar-refractivity contribution < 1.29 is 13.5 Å². The van der Waals surface area contributed by atoms with Crippen LogP contribution in [0.3, 0.4) is 0 Å². The third-order valence-electron chi connectivity index (χ3n) is 4.52. The van der Waals surface area contributed by atoms with Crippen molar-refractivity contribution >= 4 is 41.5 Å². The number of hydrogen-bond donors (Lipinski definition) is 2. The van der Waals surface area contributed by atoms with Crippen molar-refractivity contribution in [1.82, 2.24) is 15.5 Å². The zero-order chi connectivity index (χ0) is 18.9. The molecule has 2 N–H and O–H groups in total. The molecule has 1 aliphatic heterocycles. The Balaban J connectivity index is 0.00000364. The lowest BCUT2D eigenvalue weighted by Crippen LogP contribution is -2.44. The molecule has 0 saturated carbocycles. The molecule has 1 saturated heterocycles. The molecule has 0 aliphatic carbocycles. The molecule has 1 heterocycles. The van der Waals surface area contributed by atoms with Gasteiger partial charge in [-0.05, 0) is 50.0 Å². The van der Waals surface area contributed by atoms with E-state index in [2.05, 4.69) is 32.2 Å². The zero-order valence-electron chi connectivity index (χ0n) is 15.7. The number of rotatable bonds is 7. The monoisotopic (exact) mass is 516 g/mol. The molecule has 9 heteroatoms. The van der Waals surface area contributed by atoms with E-state index in [1.165, 1.54) is 31.5 Å². The molecule has 5 nitrogen and oxygen atoms in total. The van der Waals surface area contributed by atoms with E-state index >= 15 is 0 Å². The van der Waals surface area contributed by atoms with E-state index in [0.29, 0.717) is 22.5 Å². The SMILES string of the molecule is CCN1CCCC(CNC(=NC)NCc2cc(Cl)ccc2OC(F)F)C1.I. The predicted molar refractivity (Wildman–Crippen MR) is 117 cm³/mol. The average molecular weight is 517 g/mol. The summed E-state index contributed by atoms with van der Waals surface area (Å²) in [4.78, 5) is 6.65. The number of likely N-dealkylation sites (tertiary alicyclic amines) is 1. The number of ether oxygens (including phenoxy) is 1. The summed E-state index contributed by atoms with van der Waals surface area (Å²) in [7, 11) is 1.68. The molecule has 0 radical (unpaired) electrons. The maximum atomic E-state index is 12.5. The highest BCUT2D eigenvalue weighted by molar-refractivity contribution is 14.0. The topological polar surface area (TPSA) is 48.9 Å². The van der Waals surface area contributed by atoms with Gasteiger partial charge in [0, 0.05) is 37.3 Å². The van der Waals surface area contributed by atoms with Crippen LogP contribution in [-0.2, 0) is 6.54 Å². The third-order valence-corrected chi connectivity index (χ3v) is 4.75. The van der Waals surface area contributed by atoms with Crippen LogP contribution < -0.4 is 15.4 Å². The fourth-order valence-corrected chi connectivity index (χ4v) is 3.34. The number of halogens is 4. The van der Waals surface area contributed by atoms with Crippen LogP contribution in [0, 0.1) is 5.92 Å². The van der Waals surface area contributed by atoms with E-state index in [1.54, 1.807) is 13.1 Å². The highest BCUT2D eigenvalue weighted by Gasteiger charge is 2.19. The van der Waals surface area contributed by atoms with Crippen LogP contribution in [0.5, 0.6) is 5.75 Å². The van der Waals surface area contributed by atoms with E-state index in [-0.39, 0.29) is 36.3 Å². The first kappa shape index (κ1) is 24.2. The van der Waals surface area contributed by atoms with Crippen molar-refractivity contribution in [3.63, 3.8) is 0 Å². The molecule has 1 aromatic carbocycles. The number of nitrogens with one attached hydrogen (secondary N) is 2. The summed E-state index contributed by atoms with van der Waals surface area (Å²) in [6.45, 7) is 3.74. The van der Waals surface area contributed by atoms with Crippen LogP contribution in [0.4, 0.5) is 8.78 Å². The molecule has 1 unspecified atom stereocenters. The van der Waals surface area contributed by atoms with Gasteiger partial charge in [0.25, 0.3) is 0 Å². The summed E-state index contributed by atoms with van der Waals surface area (Å²) in [5.41, 5.74) is 0.551. The Morgan fingerprint density at radius 3 is 2.85 bits per heavy atom. The second-order valence-corrected chi connectivity index (χ2v) is 6.78. The van der Waals surface area contributed by atoms with Crippen LogP contribution in [0.15, 0.2) is 23.2 Å². The zero-order valence-corrected chi connectivity index (χ0v) is 18.8. The van der Waals surface area contributed by atoms with E-state index in [1.807, 2.05) is 0 Å². The standard InChI is InChI=1S/C18H27ClF2N4O.HI/c1-3-25-8-4-5-13(12-25)10-23-18(22-2)24-11-14-9-15(19)6-7-16(14)26-17(20)21;/h6-7,9,13,17H,3-5,8,10-12H2,1-2H3,(H2,22,23,24);1H. The number of alkyl halides is 2. The van der Waals surface area contributed by atoms with Gasteiger partial charge in [-0.25, -0.2) is 0 Å². The first-order valence-corrected chi connectivity index (χ1v) is 9.29. The second-order valence-electron chi connectivity index (χ2n) is 6.34. The molecule has 0 aromatic heterocycles. The van der Waals surface area contributed by atoms with Gasteiger partial charge in [-0.15, -0.1) is 24.0 Å². The molecule has 27 heavy (non-hydrogen) atoms. The first-order valence-electron chi connectivity index (χ1n) is 8.92. The maximum absolute atomic E-state index is 12.5. The molecule has 154 valence electrons. The van der Waals surface area contributed by atoms with E-state index in [0.717, 1.165) is 19.6 Å². The summed E-state index contributed by atoms with van der Waals surface area (Å²) in [6, 6.07) is 4.58. The minimum Gasteiger partial charge on any atom is -0.434 e. The largest absolute Gasteiger partial charge is 0.434 e. The van der Waals surface area contributed by atoms with Crippen molar-refractivity contribution in [3.8, 4) is 5.75 Å².